The molecular weight excluding hydrogens is 244 g/mol. The van der Waals surface area contributed by atoms with E-state index in [0.29, 0.717) is 17.4 Å². The molecule has 3 atom stereocenters. The van der Waals surface area contributed by atoms with Crippen LogP contribution in [0.3, 0.4) is 0 Å². The number of halogens is 1. The molecule has 1 aromatic carbocycles. The molecule has 1 spiro atoms. The molecule has 1 fully saturated rings. The predicted octanol–water partition coefficient (Wildman–Crippen LogP) is 4.15. The minimum atomic E-state index is 0.202. The van der Waals surface area contributed by atoms with Gasteiger partial charge < -0.3 is 0 Å². The van der Waals surface area contributed by atoms with Gasteiger partial charge in [0.05, 0.1) is 5.02 Å². The number of hydrogen-bond acceptors (Lipinski definition) is 1. The number of rotatable bonds is 0. The standard InChI is InChI=1S/C16H15ClO/c17-13-3-1-2-12-15(13)14(18)6-7-16(12)9-10-4-5-11(16)8-10/h1-5,10-11H,6-9H2. The first-order chi connectivity index (χ1) is 8.71. The van der Waals surface area contributed by atoms with Crippen LogP contribution in [0, 0.1) is 11.8 Å². The lowest BCUT2D eigenvalue weighted by atomic mass is 9.63. The maximum Gasteiger partial charge on any atom is 0.164 e. The first kappa shape index (κ1) is 10.8. The zero-order valence-corrected chi connectivity index (χ0v) is 10.9. The zero-order chi connectivity index (χ0) is 12.3. The fraction of sp³-hybridized carbons (Fsp3) is 0.438. The Hall–Kier alpha value is -1.08. The van der Waals surface area contributed by atoms with Gasteiger partial charge in [-0.05, 0) is 42.7 Å². The van der Waals surface area contributed by atoms with Crippen molar-refractivity contribution in [1.29, 1.82) is 0 Å². The van der Waals surface area contributed by atoms with Gasteiger partial charge in [0.1, 0.15) is 0 Å². The fourth-order valence-corrected chi connectivity index (χ4v) is 4.65. The Morgan fingerprint density at radius 3 is 2.89 bits per heavy atom. The summed E-state index contributed by atoms with van der Waals surface area (Å²) in [5.74, 6) is 1.57. The molecule has 18 heavy (non-hydrogen) atoms. The lowest BCUT2D eigenvalue weighted by Crippen LogP contribution is -2.37. The van der Waals surface area contributed by atoms with Gasteiger partial charge >= 0.3 is 0 Å². The van der Waals surface area contributed by atoms with Gasteiger partial charge in [-0.2, -0.15) is 0 Å². The van der Waals surface area contributed by atoms with Crippen molar-refractivity contribution in [2.45, 2.75) is 31.1 Å². The predicted molar refractivity (Wildman–Crippen MR) is 72.0 cm³/mol. The lowest BCUT2D eigenvalue weighted by molar-refractivity contribution is 0.0944. The van der Waals surface area contributed by atoms with Crippen LogP contribution in [0.15, 0.2) is 30.4 Å². The summed E-state index contributed by atoms with van der Waals surface area (Å²) in [5, 5.41) is 0.642. The summed E-state index contributed by atoms with van der Waals surface area (Å²) in [6.07, 6.45) is 8.86. The molecule has 4 rings (SSSR count). The third-order valence-corrected chi connectivity index (χ3v) is 5.45. The molecule has 0 aromatic heterocycles. The van der Waals surface area contributed by atoms with Crippen LogP contribution in [0.2, 0.25) is 5.02 Å². The van der Waals surface area contributed by atoms with E-state index in [9.17, 15) is 4.79 Å². The van der Waals surface area contributed by atoms with E-state index in [-0.39, 0.29) is 11.2 Å². The molecule has 0 heterocycles. The van der Waals surface area contributed by atoms with Crippen molar-refractivity contribution < 1.29 is 4.79 Å². The SMILES string of the molecule is O=C1CCC2(CC3C=CC2C3)c2cccc(Cl)c21. The molecule has 92 valence electrons. The van der Waals surface area contributed by atoms with E-state index in [1.165, 1.54) is 18.4 Å². The summed E-state index contributed by atoms with van der Waals surface area (Å²) in [6, 6.07) is 5.98. The average Bonchev–Trinajstić information content (AvgIpc) is 2.95. The fourth-order valence-electron chi connectivity index (χ4n) is 4.37. The third-order valence-electron chi connectivity index (χ3n) is 5.14. The summed E-state index contributed by atoms with van der Waals surface area (Å²) in [6.45, 7) is 0. The van der Waals surface area contributed by atoms with Gasteiger partial charge in [-0.15, -0.1) is 0 Å². The topological polar surface area (TPSA) is 17.1 Å². The molecule has 2 bridgehead atoms. The molecule has 0 saturated heterocycles. The Morgan fingerprint density at radius 2 is 2.17 bits per heavy atom. The first-order valence-corrected chi connectivity index (χ1v) is 7.09. The lowest BCUT2D eigenvalue weighted by Gasteiger charge is -2.40. The summed E-state index contributed by atoms with van der Waals surface area (Å²) in [4.78, 5) is 12.2. The van der Waals surface area contributed by atoms with Gasteiger partial charge in [0, 0.05) is 17.4 Å². The number of ketones is 1. The highest BCUT2D eigenvalue weighted by atomic mass is 35.5. The Kier molecular flexibility index (Phi) is 2.09. The number of Topliss-reactive ketones (excluding diaryl/α,β-unsaturated/α-hetero) is 1. The molecular formula is C16H15ClO. The van der Waals surface area contributed by atoms with Gasteiger partial charge in [-0.1, -0.05) is 35.9 Å². The number of benzene rings is 1. The van der Waals surface area contributed by atoms with Crippen molar-refractivity contribution in [3.05, 3.63) is 46.5 Å². The normalized spacial score (nSPS) is 36.4. The highest BCUT2D eigenvalue weighted by Crippen LogP contribution is 2.58. The maximum atomic E-state index is 12.2. The second-order valence-electron chi connectivity index (χ2n) is 5.93. The second kappa shape index (κ2) is 3.48. The number of allylic oxidation sites excluding steroid dienone is 2. The van der Waals surface area contributed by atoms with E-state index in [4.69, 9.17) is 11.6 Å². The third kappa shape index (κ3) is 1.21. The zero-order valence-electron chi connectivity index (χ0n) is 10.2. The largest absolute Gasteiger partial charge is 0.294 e. The van der Waals surface area contributed by atoms with Crippen LogP contribution in [-0.2, 0) is 5.41 Å². The minimum Gasteiger partial charge on any atom is -0.294 e. The van der Waals surface area contributed by atoms with E-state index in [1.54, 1.807) is 0 Å². The van der Waals surface area contributed by atoms with E-state index in [2.05, 4.69) is 18.2 Å². The monoisotopic (exact) mass is 258 g/mol. The van der Waals surface area contributed by atoms with E-state index >= 15 is 0 Å². The van der Waals surface area contributed by atoms with E-state index < -0.39 is 0 Å². The van der Waals surface area contributed by atoms with Crippen LogP contribution in [0.4, 0.5) is 0 Å². The molecule has 2 heteroatoms. The maximum absolute atomic E-state index is 12.2. The van der Waals surface area contributed by atoms with Gasteiger partial charge in [-0.25, -0.2) is 0 Å². The summed E-state index contributed by atoms with van der Waals surface area (Å²) < 4.78 is 0. The van der Waals surface area contributed by atoms with Gasteiger partial charge in [-0.3, -0.25) is 4.79 Å². The number of hydrogen-bond donors (Lipinski definition) is 0. The molecule has 0 radical (unpaired) electrons. The second-order valence-corrected chi connectivity index (χ2v) is 6.34. The smallest absolute Gasteiger partial charge is 0.164 e. The number of fused-ring (bicyclic) bond motifs is 5. The summed E-state index contributed by atoms with van der Waals surface area (Å²) >= 11 is 6.26. The Balaban J connectivity index is 1.95. The Bertz CT molecular complexity index is 574. The van der Waals surface area contributed by atoms with Crippen molar-refractivity contribution in [3.63, 3.8) is 0 Å². The van der Waals surface area contributed by atoms with Crippen LogP contribution in [0.25, 0.3) is 0 Å². The number of carbonyl (C=O) groups excluding carboxylic acids is 1. The average molecular weight is 259 g/mol. The van der Waals surface area contributed by atoms with Crippen molar-refractivity contribution in [2.75, 3.05) is 0 Å². The van der Waals surface area contributed by atoms with Crippen molar-refractivity contribution in [1.82, 2.24) is 0 Å². The quantitative estimate of drug-likeness (QED) is 0.639. The molecule has 1 aromatic rings. The van der Waals surface area contributed by atoms with Gasteiger partial charge in [0.15, 0.2) is 5.78 Å². The molecule has 3 aliphatic carbocycles. The summed E-state index contributed by atoms with van der Waals surface area (Å²) in [5.41, 5.74) is 2.24. The number of carbonyl (C=O) groups is 1. The van der Waals surface area contributed by atoms with Crippen LogP contribution >= 0.6 is 11.6 Å². The van der Waals surface area contributed by atoms with Gasteiger partial charge in [0.25, 0.3) is 0 Å². The van der Waals surface area contributed by atoms with Gasteiger partial charge in [0.2, 0.25) is 0 Å². The highest BCUT2D eigenvalue weighted by molar-refractivity contribution is 6.34. The minimum absolute atomic E-state index is 0.202. The molecule has 0 N–H and O–H groups in total. The van der Waals surface area contributed by atoms with Crippen LogP contribution in [0.5, 0.6) is 0 Å². The van der Waals surface area contributed by atoms with Crippen LogP contribution in [0.1, 0.15) is 41.6 Å². The Morgan fingerprint density at radius 1 is 1.28 bits per heavy atom. The van der Waals surface area contributed by atoms with Crippen molar-refractivity contribution in [3.8, 4) is 0 Å². The molecule has 3 aliphatic rings. The molecule has 0 aliphatic heterocycles. The molecule has 0 amide bonds. The van der Waals surface area contributed by atoms with E-state index in [0.717, 1.165) is 17.9 Å². The first-order valence-electron chi connectivity index (χ1n) is 6.71. The highest BCUT2D eigenvalue weighted by Gasteiger charge is 2.52. The molecule has 1 nitrogen and oxygen atoms in total. The summed E-state index contributed by atoms with van der Waals surface area (Å²) in [7, 11) is 0. The van der Waals surface area contributed by atoms with Crippen molar-refractivity contribution >= 4 is 17.4 Å². The molecule has 3 unspecified atom stereocenters. The van der Waals surface area contributed by atoms with Crippen LogP contribution in [-0.4, -0.2) is 5.78 Å². The van der Waals surface area contributed by atoms with Crippen molar-refractivity contribution in [2.24, 2.45) is 11.8 Å². The molecule has 1 saturated carbocycles. The van der Waals surface area contributed by atoms with Crippen LogP contribution < -0.4 is 0 Å². The van der Waals surface area contributed by atoms with E-state index in [1.807, 2.05) is 12.1 Å². The Labute approximate surface area is 112 Å².